The van der Waals surface area contributed by atoms with E-state index in [1.54, 1.807) is 0 Å². The lowest BCUT2D eigenvalue weighted by Gasteiger charge is -2.31. The number of rotatable bonds is 6. The van der Waals surface area contributed by atoms with Crippen LogP contribution in [0.1, 0.15) is 19.8 Å². The summed E-state index contributed by atoms with van der Waals surface area (Å²) in [6, 6.07) is 7.86. The molecular formula is C15H23ClN2O. The third kappa shape index (κ3) is 5.01. The fourth-order valence-electron chi connectivity index (χ4n) is 2.46. The average Bonchev–Trinajstić information content (AvgIpc) is 2.43. The molecule has 0 unspecified atom stereocenters. The molecule has 1 aromatic carbocycles. The third-order valence-corrected chi connectivity index (χ3v) is 3.79. The van der Waals surface area contributed by atoms with Crippen molar-refractivity contribution in [1.82, 2.24) is 4.90 Å². The van der Waals surface area contributed by atoms with Crippen LogP contribution in [0.25, 0.3) is 0 Å². The van der Waals surface area contributed by atoms with Crippen molar-refractivity contribution in [1.29, 1.82) is 0 Å². The molecule has 0 saturated carbocycles. The maximum absolute atomic E-state index is 5.86. The van der Waals surface area contributed by atoms with Crippen LogP contribution in [0.4, 0.5) is 5.69 Å². The van der Waals surface area contributed by atoms with E-state index in [9.17, 15) is 0 Å². The van der Waals surface area contributed by atoms with Gasteiger partial charge in [-0.3, -0.25) is 0 Å². The first-order chi connectivity index (χ1) is 9.28. The zero-order valence-electron chi connectivity index (χ0n) is 11.6. The van der Waals surface area contributed by atoms with Gasteiger partial charge in [-0.2, -0.15) is 0 Å². The van der Waals surface area contributed by atoms with E-state index >= 15 is 0 Å². The number of ether oxygens (including phenoxy) is 1. The number of halogens is 1. The Labute approximate surface area is 120 Å². The van der Waals surface area contributed by atoms with Crippen molar-refractivity contribution in [3.63, 3.8) is 0 Å². The monoisotopic (exact) mass is 282 g/mol. The highest BCUT2D eigenvalue weighted by atomic mass is 35.5. The van der Waals surface area contributed by atoms with Gasteiger partial charge in [0, 0.05) is 43.5 Å². The molecule has 0 atom stereocenters. The Morgan fingerprint density at radius 1 is 1.26 bits per heavy atom. The molecule has 1 saturated heterocycles. The van der Waals surface area contributed by atoms with E-state index in [0.717, 1.165) is 56.3 Å². The van der Waals surface area contributed by atoms with Crippen LogP contribution in [0, 0.1) is 0 Å². The molecule has 1 N–H and O–H groups in total. The van der Waals surface area contributed by atoms with Gasteiger partial charge in [-0.1, -0.05) is 11.6 Å². The minimum absolute atomic E-state index is 0.477. The largest absolute Gasteiger partial charge is 0.384 e. The molecular weight excluding hydrogens is 260 g/mol. The van der Waals surface area contributed by atoms with Crippen molar-refractivity contribution >= 4 is 17.3 Å². The summed E-state index contributed by atoms with van der Waals surface area (Å²) in [5.74, 6) is 0. The van der Waals surface area contributed by atoms with Crippen molar-refractivity contribution in [3.05, 3.63) is 29.3 Å². The van der Waals surface area contributed by atoms with E-state index in [0.29, 0.717) is 6.10 Å². The molecule has 0 amide bonds. The van der Waals surface area contributed by atoms with Gasteiger partial charge in [-0.15, -0.1) is 0 Å². The zero-order chi connectivity index (χ0) is 13.5. The summed E-state index contributed by atoms with van der Waals surface area (Å²) < 4.78 is 5.66. The van der Waals surface area contributed by atoms with Crippen molar-refractivity contribution < 1.29 is 4.74 Å². The summed E-state index contributed by atoms with van der Waals surface area (Å²) in [5, 5.41) is 4.21. The number of benzene rings is 1. The molecule has 4 heteroatoms. The van der Waals surface area contributed by atoms with Gasteiger partial charge in [-0.25, -0.2) is 0 Å². The minimum Gasteiger partial charge on any atom is -0.384 e. The number of likely N-dealkylation sites (tertiary alicyclic amines) is 1. The predicted molar refractivity (Wildman–Crippen MR) is 81.0 cm³/mol. The van der Waals surface area contributed by atoms with Crippen molar-refractivity contribution in [2.75, 3.05) is 38.1 Å². The second-order valence-corrected chi connectivity index (χ2v) is 5.37. The maximum Gasteiger partial charge on any atom is 0.0599 e. The SMILES string of the molecule is CCOC1CCN(CCNc2ccc(Cl)cc2)CC1. The second-order valence-electron chi connectivity index (χ2n) is 4.93. The molecule has 1 aliphatic heterocycles. The average molecular weight is 283 g/mol. The lowest BCUT2D eigenvalue weighted by atomic mass is 10.1. The third-order valence-electron chi connectivity index (χ3n) is 3.54. The van der Waals surface area contributed by atoms with Gasteiger partial charge in [0.2, 0.25) is 0 Å². The molecule has 1 fully saturated rings. The van der Waals surface area contributed by atoms with E-state index in [-0.39, 0.29) is 0 Å². The van der Waals surface area contributed by atoms with E-state index in [2.05, 4.69) is 17.1 Å². The molecule has 1 aromatic rings. The first-order valence-corrected chi connectivity index (χ1v) is 7.49. The summed E-state index contributed by atoms with van der Waals surface area (Å²) in [6.45, 7) is 7.26. The number of hydrogen-bond donors (Lipinski definition) is 1. The fourth-order valence-corrected chi connectivity index (χ4v) is 2.59. The smallest absolute Gasteiger partial charge is 0.0599 e. The molecule has 0 radical (unpaired) electrons. The quantitative estimate of drug-likeness (QED) is 0.867. The summed E-state index contributed by atoms with van der Waals surface area (Å²) in [4.78, 5) is 2.50. The van der Waals surface area contributed by atoms with Crippen LogP contribution in [0.2, 0.25) is 5.02 Å². The van der Waals surface area contributed by atoms with Crippen molar-refractivity contribution in [3.8, 4) is 0 Å². The number of nitrogens with zero attached hydrogens (tertiary/aromatic N) is 1. The van der Waals surface area contributed by atoms with Gasteiger partial charge in [-0.05, 0) is 44.0 Å². The summed E-state index contributed by atoms with van der Waals surface area (Å²) >= 11 is 5.86. The summed E-state index contributed by atoms with van der Waals surface area (Å²) in [6.07, 6.45) is 2.80. The Morgan fingerprint density at radius 3 is 2.58 bits per heavy atom. The van der Waals surface area contributed by atoms with Crippen LogP contribution in [-0.2, 0) is 4.74 Å². The van der Waals surface area contributed by atoms with Crippen molar-refractivity contribution in [2.24, 2.45) is 0 Å². The van der Waals surface area contributed by atoms with Crippen LogP contribution < -0.4 is 5.32 Å². The molecule has 0 aliphatic carbocycles. The zero-order valence-corrected chi connectivity index (χ0v) is 12.3. The lowest BCUT2D eigenvalue weighted by molar-refractivity contribution is 0.0152. The van der Waals surface area contributed by atoms with Gasteiger partial charge in [0.05, 0.1) is 6.10 Å². The molecule has 1 heterocycles. The number of piperidine rings is 1. The van der Waals surface area contributed by atoms with E-state index in [1.807, 2.05) is 24.3 Å². The summed E-state index contributed by atoms with van der Waals surface area (Å²) in [7, 11) is 0. The molecule has 19 heavy (non-hydrogen) atoms. The second kappa shape index (κ2) is 7.73. The van der Waals surface area contributed by atoms with Crippen LogP contribution in [-0.4, -0.2) is 43.8 Å². The van der Waals surface area contributed by atoms with E-state index in [1.165, 1.54) is 0 Å². The highest BCUT2D eigenvalue weighted by molar-refractivity contribution is 6.30. The van der Waals surface area contributed by atoms with Gasteiger partial charge >= 0.3 is 0 Å². The Morgan fingerprint density at radius 2 is 1.95 bits per heavy atom. The van der Waals surface area contributed by atoms with E-state index < -0.39 is 0 Å². The molecule has 2 rings (SSSR count). The normalized spacial score (nSPS) is 17.6. The summed E-state index contributed by atoms with van der Waals surface area (Å²) in [5.41, 5.74) is 1.13. The van der Waals surface area contributed by atoms with Gasteiger partial charge in [0.15, 0.2) is 0 Å². The highest BCUT2D eigenvalue weighted by Gasteiger charge is 2.18. The molecule has 0 spiro atoms. The number of nitrogens with one attached hydrogen (secondary N) is 1. The van der Waals surface area contributed by atoms with Crippen LogP contribution in [0.15, 0.2) is 24.3 Å². The van der Waals surface area contributed by atoms with E-state index in [4.69, 9.17) is 16.3 Å². The molecule has 3 nitrogen and oxygen atoms in total. The minimum atomic E-state index is 0.477. The highest BCUT2D eigenvalue weighted by Crippen LogP contribution is 2.15. The Kier molecular flexibility index (Phi) is 5.95. The first kappa shape index (κ1) is 14.6. The van der Waals surface area contributed by atoms with Gasteiger partial charge < -0.3 is 15.0 Å². The molecule has 106 valence electrons. The Balaban J connectivity index is 1.63. The fraction of sp³-hybridized carbons (Fsp3) is 0.600. The van der Waals surface area contributed by atoms with Gasteiger partial charge in [0.25, 0.3) is 0 Å². The number of anilines is 1. The topological polar surface area (TPSA) is 24.5 Å². The predicted octanol–water partition coefficient (Wildman–Crippen LogP) is 3.25. The van der Waals surface area contributed by atoms with Crippen LogP contribution in [0.5, 0.6) is 0 Å². The van der Waals surface area contributed by atoms with Crippen LogP contribution >= 0.6 is 11.6 Å². The molecule has 0 bridgehead atoms. The first-order valence-electron chi connectivity index (χ1n) is 7.11. The Hall–Kier alpha value is -0.770. The molecule has 0 aromatic heterocycles. The lowest BCUT2D eigenvalue weighted by Crippen LogP contribution is -2.39. The van der Waals surface area contributed by atoms with Gasteiger partial charge in [0.1, 0.15) is 0 Å². The Bertz CT molecular complexity index is 361. The maximum atomic E-state index is 5.86. The van der Waals surface area contributed by atoms with Crippen molar-refractivity contribution in [2.45, 2.75) is 25.9 Å². The standard InChI is InChI=1S/C15H23ClN2O/c1-2-19-15-7-10-18(11-8-15)12-9-17-14-5-3-13(16)4-6-14/h3-6,15,17H,2,7-12H2,1H3. The number of hydrogen-bond acceptors (Lipinski definition) is 3. The molecule has 1 aliphatic rings. The van der Waals surface area contributed by atoms with Crippen LogP contribution in [0.3, 0.4) is 0 Å².